The molecule has 2 heteroatoms. The largest absolute Gasteiger partial charge is 0.264 e. The molecule has 1 saturated heterocycles. The van der Waals surface area contributed by atoms with Crippen LogP contribution in [0.1, 0.15) is 6.42 Å². The summed E-state index contributed by atoms with van der Waals surface area (Å²) in [5.41, 5.74) is 0. The van der Waals surface area contributed by atoms with E-state index >= 15 is 0 Å². The maximum atomic E-state index is 3.08. The highest BCUT2D eigenvalue weighted by atomic mass is 32.2. The van der Waals surface area contributed by atoms with Gasteiger partial charge in [0.25, 0.3) is 0 Å². The summed E-state index contributed by atoms with van der Waals surface area (Å²) < 4.78 is 3.08. The molecular formula is C3H6NS. The molecule has 0 atom stereocenters. The minimum atomic E-state index is 1.16. The molecule has 5 heavy (non-hydrogen) atoms. The van der Waals surface area contributed by atoms with Crippen LogP contribution in [-0.2, 0) is 0 Å². The van der Waals surface area contributed by atoms with Gasteiger partial charge in [-0.25, -0.2) is 0 Å². The molecule has 0 amide bonds. The lowest BCUT2D eigenvalue weighted by atomic mass is 10.5. The highest BCUT2D eigenvalue weighted by molar-refractivity contribution is 7.99. The average molecular weight is 88.2 g/mol. The molecule has 1 rings (SSSR count). The summed E-state index contributed by atoms with van der Waals surface area (Å²) in [6.45, 7) is 1.16. The summed E-state index contributed by atoms with van der Waals surface area (Å²) >= 11 is 1.70. The van der Waals surface area contributed by atoms with E-state index in [-0.39, 0.29) is 0 Å². The molecule has 0 aromatic carbocycles. The zero-order valence-electron chi connectivity index (χ0n) is 2.90. The fourth-order valence-electron chi connectivity index (χ4n) is 0.295. The van der Waals surface area contributed by atoms with Crippen LogP contribution in [-0.4, -0.2) is 6.54 Å². The number of hydrogen-bond acceptors (Lipinski definition) is 2. The van der Waals surface area contributed by atoms with E-state index in [0.717, 1.165) is 6.54 Å². The lowest BCUT2D eigenvalue weighted by Gasteiger charge is -1.75. The molecule has 1 radical (unpaired) electrons. The Morgan fingerprint density at radius 2 is 2.80 bits per heavy atom. The molecule has 0 spiro atoms. The summed E-state index contributed by atoms with van der Waals surface area (Å²) in [4.78, 5) is 0. The monoisotopic (exact) mass is 88.0 g/mol. The second-order valence-corrected chi connectivity index (χ2v) is 1.83. The zero-order valence-corrected chi connectivity index (χ0v) is 3.72. The van der Waals surface area contributed by atoms with Crippen molar-refractivity contribution in [1.82, 2.24) is 4.72 Å². The van der Waals surface area contributed by atoms with Gasteiger partial charge in [0.1, 0.15) is 0 Å². The molecule has 1 aliphatic heterocycles. The Balaban J connectivity index is 2.08. The van der Waals surface area contributed by atoms with Gasteiger partial charge < -0.3 is 0 Å². The van der Waals surface area contributed by atoms with Crippen molar-refractivity contribution in [2.24, 2.45) is 0 Å². The van der Waals surface area contributed by atoms with E-state index in [1.54, 1.807) is 11.9 Å². The molecular weight excluding hydrogens is 82.1 g/mol. The minimum Gasteiger partial charge on any atom is -0.264 e. The molecule has 1 aliphatic rings. The highest BCUT2D eigenvalue weighted by Gasteiger charge is 1.94. The molecule has 1 N–H and O–H groups in total. The first-order valence-electron chi connectivity index (χ1n) is 1.70. The molecule has 1 nitrogen and oxygen atoms in total. The maximum absolute atomic E-state index is 3.08. The summed E-state index contributed by atoms with van der Waals surface area (Å²) in [6.07, 6.45) is 1.23. The van der Waals surface area contributed by atoms with Gasteiger partial charge in [-0.2, -0.15) is 0 Å². The van der Waals surface area contributed by atoms with Gasteiger partial charge in [0.2, 0.25) is 0 Å². The fourth-order valence-corrected chi connectivity index (χ4v) is 0.884. The van der Waals surface area contributed by atoms with E-state index in [4.69, 9.17) is 0 Å². The van der Waals surface area contributed by atoms with Crippen molar-refractivity contribution >= 4 is 11.9 Å². The molecule has 1 fully saturated rings. The first kappa shape index (κ1) is 3.50. The van der Waals surface area contributed by atoms with Gasteiger partial charge in [0.05, 0.1) is 0 Å². The molecule has 1 heterocycles. The normalized spacial score (nSPS) is 24.0. The zero-order chi connectivity index (χ0) is 3.54. The van der Waals surface area contributed by atoms with E-state index < -0.39 is 0 Å². The van der Waals surface area contributed by atoms with Crippen molar-refractivity contribution in [3.63, 3.8) is 0 Å². The van der Waals surface area contributed by atoms with Crippen molar-refractivity contribution in [1.29, 1.82) is 0 Å². The van der Waals surface area contributed by atoms with Crippen LogP contribution in [0, 0.1) is 5.75 Å². The fraction of sp³-hybridized carbons (Fsp3) is 0.667. The van der Waals surface area contributed by atoms with Gasteiger partial charge in [0, 0.05) is 12.3 Å². The molecule has 0 saturated carbocycles. The van der Waals surface area contributed by atoms with Crippen molar-refractivity contribution < 1.29 is 0 Å². The van der Waals surface area contributed by atoms with E-state index in [2.05, 4.69) is 10.5 Å². The Morgan fingerprint density at radius 1 is 1.80 bits per heavy atom. The van der Waals surface area contributed by atoms with Crippen molar-refractivity contribution in [3.8, 4) is 0 Å². The first-order valence-corrected chi connectivity index (χ1v) is 2.58. The second-order valence-electron chi connectivity index (χ2n) is 0.968. The van der Waals surface area contributed by atoms with Crippen molar-refractivity contribution in [2.75, 3.05) is 6.54 Å². The van der Waals surface area contributed by atoms with Crippen LogP contribution in [0.15, 0.2) is 0 Å². The molecule has 0 unspecified atom stereocenters. The third-order valence-corrected chi connectivity index (χ3v) is 1.30. The lowest BCUT2D eigenvalue weighted by molar-refractivity contribution is 0.971. The molecule has 0 aliphatic carbocycles. The van der Waals surface area contributed by atoms with Crippen LogP contribution >= 0.6 is 11.9 Å². The number of nitrogens with one attached hydrogen (secondary N) is 1. The quantitative estimate of drug-likeness (QED) is 0.439. The van der Waals surface area contributed by atoms with Gasteiger partial charge in [-0.3, -0.25) is 4.72 Å². The van der Waals surface area contributed by atoms with Gasteiger partial charge >= 0.3 is 0 Å². The second kappa shape index (κ2) is 1.67. The smallest absolute Gasteiger partial charge is 0.0337 e. The highest BCUT2D eigenvalue weighted by Crippen LogP contribution is 2.08. The van der Waals surface area contributed by atoms with Gasteiger partial charge in [0.15, 0.2) is 0 Å². The molecule has 29 valence electrons. The van der Waals surface area contributed by atoms with Crippen LogP contribution in [0.2, 0.25) is 0 Å². The number of rotatable bonds is 0. The molecule has 0 aromatic rings. The third-order valence-electron chi connectivity index (χ3n) is 0.531. The van der Waals surface area contributed by atoms with E-state index in [9.17, 15) is 0 Å². The SMILES string of the molecule is [CH]1CCNS1. The Morgan fingerprint density at radius 3 is 3.00 bits per heavy atom. The maximum Gasteiger partial charge on any atom is 0.0337 e. The van der Waals surface area contributed by atoms with Gasteiger partial charge in [-0.1, -0.05) is 11.9 Å². The average Bonchev–Trinajstić information content (AvgIpc) is 1.76. The van der Waals surface area contributed by atoms with Gasteiger partial charge in [-0.05, 0) is 6.42 Å². The van der Waals surface area contributed by atoms with E-state index in [0.29, 0.717) is 0 Å². The minimum absolute atomic E-state index is 1.16. The third kappa shape index (κ3) is 0.816. The van der Waals surface area contributed by atoms with Crippen molar-refractivity contribution in [2.45, 2.75) is 6.42 Å². The van der Waals surface area contributed by atoms with E-state index in [1.807, 2.05) is 0 Å². The van der Waals surface area contributed by atoms with E-state index in [1.165, 1.54) is 6.42 Å². The van der Waals surface area contributed by atoms with Crippen LogP contribution in [0.3, 0.4) is 0 Å². The van der Waals surface area contributed by atoms with Crippen LogP contribution in [0.25, 0.3) is 0 Å². The summed E-state index contributed by atoms with van der Waals surface area (Å²) in [6, 6.07) is 0. The van der Waals surface area contributed by atoms with Crippen molar-refractivity contribution in [3.05, 3.63) is 5.75 Å². The topological polar surface area (TPSA) is 12.0 Å². The Bertz CT molecular complexity index is 18.5. The predicted molar refractivity (Wildman–Crippen MR) is 24.5 cm³/mol. The van der Waals surface area contributed by atoms with Crippen LogP contribution < -0.4 is 4.72 Å². The van der Waals surface area contributed by atoms with Gasteiger partial charge in [-0.15, -0.1) is 0 Å². The molecule has 0 bridgehead atoms. The predicted octanol–water partition coefficient (Wildman–Crippen LogP) is 0.790. The summed E-state index contributed by atoms with van der Waals surface area (Å²) in [5, 5.41) is 0. The Hall–Kier alpha value is 0.310. The standard InChI is InChI=1S/C3H6NS/c1-2-4-5-3-1/h3-4H,1-2H2. The Kier molecular flexibility index (Phi) is 1.17. The first-order chi connectivity index (χ1) is 2.50. The molecule has 0 aromatic heterocycles. The summed E-state index contributed by atoms with van der Waals surface area (Å²) in [7, 11) is 0. The van der Waals surface area contributed by atoms with Crippen LogP contribution in [0.4, 0.5) is 0 Å². The number of hydrogen-bond donors (Lipinski definition) is 1. The lowest BCUT2D eigenvalue weighted by Crippen LogP contribution is -1.91. The van der Waals surface area contributed by atoms with Crippen LogP contribution in [0.5, 0.6) is 0 Å². The Labute approximate surface area is 36.3 Å². The summed E-state index contributed by atoms with van der Waals surface area (Å²) in [5.74, 6) is 2.17.